The van der Waals surface area contributed by atoms with Gasteiger partial charge < -0.3 is 54.8 Å². The van der Waals surface area contributed by atoms with Crippen molar-refractivity contribution in [1.82, 2.24) is 0 Å². The lowest BCUT2D eigenvalue weighted by molar-refractivity contribution is -0.140. The molecule has 0 aromatic heterocycles. The van der Waals surface area contributed by atoms with Gasteiger partial charge in [-0.15, -0.1) is 0 Å². The van der Waals surface area contributed by atoms with Crippen molar-refractivity contribution in [3.63, 3.8) is 0 Å². The molecular weight excluding hydrogens is 452 g/mol. The van der Waals surface area contributed by atoms with Crippen molar-refractivity contribution >= 4 is 23.9 Å². The highest BCUT2D eigenvalue weighted by Gasteiger charge is 2.14. The Kier molecular flexibility index (Phi) is 28.9. The molecule has 0 spiro atoms. The quantitative estimate of drug-likeness (QED) is 0.130. The van der Waals surface area contributed by atoms with Crippen LogP contribution in [-0.2, 0) is 19.2 Å². The van der Waals surface area contributed by atoms with Gasteiger partial charge in [-0.2, -0.15) is 0 Å². The first kappa shape index (κ1) is 38.9. The molecule has 4 atom stereocenters. The van der Waals surface area contributed by atoms with Gasteiger partial charge in [0.05, 0.1) is 0 Å². The molecule has 14 heteroatoms. The van der Waals surface area contributed by atoms with Crippen LogP contribution in [0.1, 0.15) is 59.3 Å². The Labute approximate surface area is 201 Å². The van der Waals surface area contributed by atoms with Crippen molar-refractivity contribution in [3.05, 3.63) is 0 Å². The average Bonchev–Trinajstić information content (AvgIpc) is 2.74. The van der Waals surface area contributed by atoms with Gasteiger partial charge in [-0.1, -0.05) is 26.7 Å². The highest BCUT2D eigenvalue weighted by Crippen LogP contribution is 1.98. The summed E-state index contributed by atoms with van der Waals surface area (Å²) in [7, 11) is 0. The minimum atomic E-state index is -0.963. The van der Waals surface area contributed by atoms with Crippen molar-refractivity contribution in [2.24, 2.45) is 40.3 Å². The Morgan fingerprint density at radius 2 is 0.882 bits per heavy atom. The van der Waals surface area contributed by atoms with Crippen LogP contribution in [0.4, 0.5) is 0 Å². The second-order valence-corrected chi connectivity index (χ2v) is 7.69. The predicted molar refractivity (Wildman–Crippen MR) is 129 cm³/mol. The molecule has 204 valence electrons. The van der Waals surface area contributed by atoms with E-state index in [1.807, 2.05) is 0 Å². The lowest BCUT2D eigenvalue weighted by Gasteiger charge is -2.07. The van der Waals surface area contributed by atoms with Crippen LogP contribution >= 0.6 is 0 Å². The fourth-order valence-corrected chi connectivity index (χ4v) is 1.55. The molecule has 0 unspecified atom stereocenters. The molecule has 16 N–H and O–H groups in total. The Morgan fingerprint density at radius 1 is 0.588 bits per heavy atom. The number of hydrogen-bond acceptors (Lipinski definition) is 10. The van der Waals surface area contributed by atoms with Gasteiger partial charge in [0.1, 0.15) is 24.2 Å². The van der Waals surface area contributed by atoms with Crippen LogP contribution in [0.5, 0.6) is 0 Å². The predicted octanol–water partition coefficient (Wildman–Crippen LogP) is -1.47. The molecule has 0 rings (SSSR count). The lowest BCUT2D eigenvalue weighted by atomic mass is 10.1. The van der Waals surface area contributed by atoms with E-state index in [1.165, 1.54) is 6.92 Å². The molecule has 0 aromatic rings. The van der Waals surface area contributed by atoms with Crippen LogP contribution in [0.25, 0.3) is 0 Å². The SMILES string of the molecule is CC(C)[C@H](N)C(=O)O.C[C@H](N)C(=O)O.NCCCC[C@H](N)C(=O)O.NCCCC[C@H](N)C(=O)O. The van der Waals surface area contributed by atoms with E-state index in [1.54, 1.807) is 13.8 Å². The molecule has 0 aromatic carbocycles. The molecule has 0 aliphatic rings. The van der Waals surface area contributed by atoms with Gasteiger partial charge >= 0.3 is 23.9 Å². The summed E-state index contributed by atoms with van der Waals surface area (Å²) in [4.78, 5) is 39.9. The molecule has 14 nitrogen and oxygen atoms in total. The zero-order valence-corrected chi connectivity index (χ0v) is 20.4. The van der Waals surface area contributed by atoms with Crippen LogP contribution in [0, 0.1) is 5.92 Å². The molecule has 0 amide bonds. The maximum absolute atomic E-state index is 10.1. The minimum absolute atomic E-state index is 0.0208. The zero-order chi connectivity index (χ0) is 27.9. The molecule has 0 radical (unpaired) electrons. The van der Waals surface area contributed by atoms with Gasteiger partial charge in [0.2, 0.25) is 0 Å². The molecule has 0 bridgehead atoms. The van der Waals surface area contributed by atoms with Crippen molar-refractivity contribution < 1.29 is 39.6 Å². The van der Waals surface area contributed by atoms with Gasteiger partial charge in [0.15, 0.2) is 0 Å². The third-order valence-corrected chi connectivity index (χ3v) is 3.97. The summed E-state index contributed by atoms with van der Waals surface area (Å²) < 4.78 is 0. The number of hydrogen-bond donors (Lipinski definition) is 10. The number of carboxylic acids is 4. The Morgan fingerprint density at radius 3 is 1.00 bits per heavy atom. The Balaban J connectivity index is -0.000000180. The normalized spacial score (nSPS) is 13.4. The van der Waals surface area contributed by atoms with E-state index in [0.29, 0.717) is 25.9 Å². The number of carboxylic acid groups (broad SMARTS) is 4. The molecule has 0 saturated heterocycles. The van der Waals surface area contributed by atoms with Gasteiger partial charge in [0.25, 0.3) is 0 Å². The summed E-state index contributed by atoms with van der Waals surface area (Å²) in [5, 5.41) is 32.7. The molecule has 0 fully saturated rings. The Bertz CT molecular complexity index is 523. The van der Waals surface area contributed by atoms with E-state index in [2.05, 4.69) is 0 Å². The maximum Gasteiger partial charge on any atom is 0.320 e. The van der Waals surface area contributed by atoms with Crippen molar-refractivity contribution in [1.29, 1.82) is 0 Å². The van der Waals surface area contributed by atoms with E-state index >= 15 is 0 Å². The monoisotopic (exact) mass is 498 g/mol. The summed E-state index contributed by atoms with van der Waals surface area (Å²) in [6, 6.07) is -2.88. The Hall–Kier alpha value is -2.36. The van der Waals surface area contributed by atoms with E-state index in [-0.39, 0.29) is 5.92 Å². The molecule has 0 saturated carbocycles. The number of unbranched alkanes of at least 4 members (excludes halogenated alkanes) is 2. The summed E-state index contributed by atoms with van der Waals surface area (Å²) in [5.41, 5.74) is 30.8. The van der Waals surface area contributed by atoms with Gasteiger partial charge in [0, 0.05) is 0 Å². The first-order valence-electron chi connectivity index (χ1n) is 10.9. The molecule has 34 heavy (non-hydrogen) atoms. The largest absolute Gasteiger partial charge is 0.480 e. The summed E-state index contributed by atoms with van der Waals surface area (Å²) in [6.07, 6.45) is 4.33. The number of nitrogens with two attached hydrogens (primary N) is 6. The number of rotatable bonds is 13. The van der Waals surface area contributed by atoms with Gasteiger partial charge in [-0.3, -0.25) is 19.2 Å². The van der Waals surface area contributed by atoms with Crippen molar-refractivity contribution in [2.45, 2.75) is 83.5 Å². The topological polar surface area (TPSA) is 305 Å². The summed E-state index contributed by atoms with van der Waals surface area (Å²) in [5.74, 6) is -3.74. The third kappa shape index (κ3) is 31.8. The van der Waals surface area contributed by atoms with Crippen molar-refractivity contribution in [2.75, 3.05) is 13.1 Å². The fourth-order valence-electron chi connectivity index (χ4n) is 1.55. The van der Waals surface area contributed by atoms with Gasteiger partial charge in [-0.25, -0.2) is 0 Å². The van der Waals surface area contributed by atoms with E-state index < -0.39 is 48.0 Å². The van der Waals surface area contributed by atoms with Crippen molar-refractivity contribution in [3.8, 4) is 0 Å². The first-order chi connectivity index (χ1) is 15.6. The van der Waals surface area contributed by atoms with E-state index in [4.69, 9.17) is 54.8 Å². The minimum Gasteiger partial charge on any atom is -0.480 e. The second-order valence-electron chi connectivity index (χ2n) is 7.69. The smallest absolute Gasteiger partial charge is 0.320 e. The van der Waals surface area contributed by atoms with Gasteiger partial charge in [-0.05, 0) is 51.6 Å². The lowest BCUT2D eigenvalue weighted by Crippen LogP contribution is -2.34. The highest BCUT2D eigenvalue weighted by molar-refractivity contribution is 5.73. The zero-order valence-electron chi connectivity index (χ0n) is 20.4. The first-order valence-corrected chi connectivity index (χ1v) is 10.9. The molecular formula is C20H46N6O8. The second kappa shape index (κ2) is 25.3. The van der Waals surface area contributed by atoms with E-state index in [0.717, 1.165) is 25.7 Å². The third-order valence-electron chi connectivity index (χ3n) is 3.97. The highest BCUT2D eigenvalue weighted by atomic mass is 16.4. The molecule has 0 aliphatic heterocycles. The van der Waals surface area contributed by atoms with Crippen LogP contribution in [0.15, 0.2) is 0 Å². The fraction of sp³-hybridized carbons (Fsp3) is 0.800. The van der Waals surface area contributed by atoms with Crippen LogP contribution in [0.2, 0.25) is 0 Å². The van der Waals surface area contributed by atoms with Crippen LogP contribution in [0.3, 0.4) is 0 Å². The van der Waals surface area contributed by atoms with Crippen LogP contribution in [-0.4, -0.2) is 81.6 Å². The molecule has 0 heterocycles. The average molecular weight is 499 g/mol. The maximum atomic E-state index is 10.1. The van der Waals surface area contributed by atoms with E-state index in [9.17, 15) is 19.2 Å². The summed E-state index contributed by atoms with van der Waals surface area (Å²) >= 11 is 0. The standard InChI is InChI=1S/2C6H14N2O2.C5H11NO2.C3H7NO2/c2*7-4-2-1-3-5(8)6(9)10;1-3(2)4(6)5(7)8;1-2(4)3(5)6/h2*5H,1-4,7-8H2,(H,9,10);3-4H,6H2,1-2H3,(H,7,8);2H,4H2,1H3,(H,5,6)/t2*5-;4-;2-/m0000/s1. The molecule has 0 aliphatic carbocycles. The van der Waals surface area contributed by atoms with Crippen LogP contribution < -0.4 is 34.4 Å². The summed E-state index contributed by atoms with van der Waals surface area (Å²) in [6.45, 7) is 6.18. The number of aliphatic carboxylic acids is 4. The number of carbonyl (C=O) groups is 4.